The van der Waals surface area contributed by atoms with Crippen LogP contribution in [-0.2, 0) is 19.4 Å². The average Bonchev–Trinajstić information content (AvgIpc) is 2.35. The second-order valence-corrected chi connectivity index (χ2v) is 3.97. The molecule has 96 valence electrons. The zero-order valence-electron chi connectivity index (χ0n) is 9.33. The Balaban J connectivity index is 2.78. The molecule has 2 N–H and O–H groups in total. The first-order valence-corrected chi connectivity index (χ1v) is 5.31. The predicted molar refractivity (Wildman–Crippen MR) is 60.8 cm³/mol. The second-order valence-electron chi connectivity index (χ2n) is 3.97. The number of fused-ring (bicyclic) bond motifs is 1. The van der Waals surface area contributed by atoms with Gasteiger partial charge in [-0.2, -0.15) is 13.2 Å². The lowest BCUT2D eigenvalue weighted by Crippen LogP contribution is -2.10. The van der Waals surface area contributed by atoms with E-state index in [2.05, 4.69) is 0 Å². The lowest BCUT2D eigenvalue weighted by Gasteiger charge is -2.15. The molecule has 2 nitrogen and oxygen atoms in total. The van der Waals surface area contributed by atoms with Crippen LogP contribution in [0.1, 0.15) is 16.7 Å². The van der Waals surface area contributed by atoms with Gasteiger partial charge in [0.05, 0.1) is 18.8 Å². The van der Waals surface area contributed by atoms with Gasteiger partial charge >= 0.3 is 6.18 Å². The zero-order valence-corrected chi connectivity index (χ0v) is 9.33. The first-order valence-electron chi connectivity index (χ1n) is 5.31. The fraction of sp³-hybridized carbons (Fsp3) is 0.231. The van der Waals surface area contributed by atoms with E-state index >= 15 is 0 Å². The van der Waals surface area contributed by atoms with Gasteiger partial charge in [-0.3, -0.25) is 0 Å². The third-order valence-electron chi connectivity index (χ3n) is 2.81. The maximum absolute atomic E-state index is 13.0. The highest BCUT2D eigenvalue weighted by atomic mass is 19.4. The molecule has 18 heavy (non-hydrogen) atoms. The highest BCUT2D eigenvalue weighted by Crippen LogP contribution is 2.37. The highest BCUT2D eigenvalue weighted by molar-refractivity contribution is 5.88. The van der Waals surface area contributed by atoms with E-state index in [1.165, 1.54) is 30.3 Å². The highest BCUT2D eigenvalue weighted by Gasteiger charge is 2.35. The number of aliphatic hydroxyl groups excluding tert-OH is 2. The summed E-state index contributed by atoms with van der Waals surface area (Å²) >= 11 is 0. The molecule has 0 amide bonds. The topological polar surface area (TPSA) is 40.5 Å². The van der Waals surface area contributed by atoms with Gasteiger partial charge in [0.15, 0.2) is 0 Å². The van der Waals surface area contributed by atoms with Crippen LogP contribution in [0.5, 0.6) is 0 Å². The van der Waals surface area contributed by atoms with Crippen molar-refractivity contribution in [3.8, 4) is 0 Å². The van der Waals surface area contributed by atoms with Crippen molar-refractivity contribution in [1.29, 1.82) is 0 Å². The molecule has 0 heterocycles. The molecule has 0 fully saturated rings. The first kappa shape index (κ1) is 12.9. The molecule has 0 spiro atoms. The van der Waals surface area contributed by atoms with Crippen molar-refractivity contribution in [1.82, 2.24) is 0 Å². The number of alkyl halides is 3. The van der Waals surface area contributed by atoms with Gasteiger partial charge in [-0.05, 0) is 28.0 Å². The Labute approximate surface area is 101 Å². The van der Waals surface area contributed by atoms with Crippen LogP contribution >= 0.6 is 0 Å². The van der Waals surface area contributed by atoms with Crippen LogP contribution in [0.4, 0.5) is 13.2 Å². The quantitative estimate of drug-likeness (QED) is 0.867. The standard InChI is InChI=1S/C13H11F3O2/c14-13(15,16)12-10(7-18)3-2-9-5-8(6-17)1-4-11(9)12/h1-5,17-18H,6-7H2. The minimum atomic E-state index is -4.52. The summed E-state index contributed by atoms with van der Waals surface area (Å²) in [6.07, 6.45) is -4.52. The Kier molecular flexibility index (Phi) is 3.28. The Morgan fingerprint density at radius 3 is 2.22 bits per heavy atom. The number of rotatable bonds is 2. The molecule has 0 aliphatic rings. The van der Waals surface area contributed by atoms with Crippen molar-refractivity contribution in [3.63, 3.8) is 0 Å². The molecular formula is C13H11F3O2. The van der Waals surface area contributed by atoms with Crippen LogP contribution < -0.4 is 0 Å². The molecule has 2 rings (SSSR count). The van der Waals surface area contributed by atoms with E-state index < -0.39 is 18.3 Å². The van der Waals surface area contributed by atoms with Crippen LogP contribution in [0.2, 0.25) is 0 Å². The molecule has 2 aromatic carbocycles. The number of halogens is 3. The van der Waals surface area contributed by atoms with Crippen molar-refractivity contribution in [2.24, 2.45) is 0 Å². The van der Waals surface area contributed by atoms with Gasteiger partial charge in [-0.15, -0.1) is 0 Å². The van der Waals surface area contributed by atoms with E-state index in [9.17, 15) is 13.2 Å². The van der Waals surface area contributed by atoms with E-state index in [0.29, 0.717) is 10.9 Å². The van der Waals surface area contributed by atoms with Gasteiger partial charge < -0.3 is 10.2 Å². The Morgan fingerprint density at radius 2 is 1.67 bits per heavy atom. The summed E-state index contributed by atoms with van der Waals surface area (Å²) in [5.74, 6) is 0. The largest absolute Gasteiger partial charge is 0.417 e. The molecule has 0 aromatic heterocycles. The Hall–Kier alpha value is -1.59. The van der Waals surface area contributed by atoms with Crippen molar-refractivity contribution < 1.29 is 23.4 Å². The molecule has 0 radical (unpaired) electrons. The molecule has 0 bridgehead atoms. The average molecular weight is 256 g/mol. The van der Waals surface area contributed by atoms with Gasteiger partial charge in [0, 0.05) is 0 Å². The Bertz CT molecular complexity index is 576. The number of hydrogen-bond donors (Lipinski definition) is 2. The van der Waals surface area contributed by atoms with Gasteiger partial charge in [0.1, 0.15) is 0 Å². The zero-order chi connectivity index (χ0) is 13.3. The van der Waals surface area contributed by atoms with Crippen molar-refractivity contribution >= 4 is 10.8 Å². The summed E-state index contributed by atoms with van der Waals surface area (Å²) in [5, 5.41) is 18.4. The molecule has 0 unspecified atom stereocenters. The molecule has 0 atom stereocenters. The molecular weight excluding hydrogens is 245 g/mol. The molecule has 5 heteroatoms. The molecule has 0 aliphatic carbocycles. The van der Waals surface area contributed by atoms with Crippen LogP contribution in [-0.4, -0.2) is 10.2 Å². The predicted octanol–water partition coefficient (Wildman–Crippen LogP) is 2.84. The number of aliphatic hydroxyl groups is 2. The molecule has 2 aromatic rings. The van der Waals surface area contributed by atoms with Crippen LogP contribution in [0, 0.1) is 0 Å². The second kappa shape index (κ2) is 4.59. The smallest absolute Gasteiger partial charge is 0.392 e. The third kappa shape index (κ3) is 2.19. The van der Waals surface area contributed by atoms with E-state index in [0.717, 1.165) is 0 Å². The van der Waals surface area contributed by atoms with E-state index in [1.54, 1.807) is 0 Å². The normalized spacial score (nSPS) is 12.1. The summed E-state index contributed by atoms with van der Waals surface area (Å²) in [6, 6.07) is 7.04. The summed E-state index contributed by atoms with van der Waals surface area (Å²) in [6.45, 7) is -0.883. The first-order chi connectivity index (χ1) is 8.47. The van der Waals surface area contributed by atoms with Gasteiger partial charge in [-0.1, -0.05) is 24.3 Å². The summed E-state index contributed by atoms with van der Waals surface area (Å²) in [7, 11) is 0. The number of benzene rings is 2. The van der Waals surface area contributed by atoms with E-state index in [1.807, 2.05) is 0 Å². The molecule has 0 aliphatic heterocycles. The summed E-state index contributed by atoms with van der Waals surface area (Å²) < 4.78 is 39.0. The fourth-order valence-electron chi connectivity index (χ4n) is 1.99. The lowest BCUT2D eigenvalue weighted by molar-refractivity contribution is -0.137. The molecule has 0 saturated heterocycles. The van der Waals surface area contributed by atoms with Crippen LogP contribution in [0.25, 0.3) is 10.8 Å². The fourth-order valence-corrected chi connectivity index (χ4v) is 1.99. The van der Waals surface area contributed by atoms with Crippen molar-refractivity contribution in [3.05, 3.63) is 47.0 Å². The molecule has 0 saturated carbocycles. The minimum Gasteiger partial charge on any atom is -0.392 e. The SMILES string of the molecule is OCc1ccc2c(C(F)(F)F)c(CO)ccc2c1. The van der Waals surface area contributed by atoms with Crippen molar-refractivity contribution in [2.45, 2.75) is 19.4 Å². The third-order valence-corrected chi connectivity index (χ3v) is 2.81. The minimum absolute atomic E-state index is 0.0336. The van der Waals surface area contributed by atoms with Gasteiger partial charge in [0.2, 0.25) is 0 Å². The monoisotopic (exact) mass is 256 g/mol. The summed E-state index contributed by atoms with van der Waals surface area (Å²) in [5.41, 5.74) is -0.411. The summed E-state index contributed by atoms with van der Waals surface area (Å²) in [4.78, 5) is 0. The number of hydrogen-bond acceptors (Lipinski definition) is 2. The Morgan fingerprint density at radius 1 is 0.944 bits per heavy atom. The maximum atomic E-state index is 13.0. The lowest BCUT2D eigenvalue weighted by atomic mass is 9.97. The maximum Gasteiger partial charge on any atom is 0.417 e. The van der Waals surface area contributed by atoms with Crippen molar-refractivity contribution in [2.75, 3.05) is 0 Å². The van der Waals surface area contributed by atoms with Gasteiger partial charge in [0.25, 0.3) is 0 Å². The van der Waals surface area contributed by atoms with E-state index in [-0.39, 0.29) is 17.6 Å². The van der Waals surface area contributed by atoms with Crippen LogP contribution in [0.3, 0.4) is 0 Å². The van der Waals surface area contributed by atoms with E-state index in [4.69, 9.17) is 10.2 Å². The van der Waals surface area contributed by atoms with Crippen LogP contribution in [0.15, 0.2) is 30.3 Å². The van der Waals surface area contributed by atoms with Gasteiger partial charge in [-0.25, -0.2) is 0 Å².